The highest BCUT2D eigenvalue weighted by Crippen LogP contribution is 2.18. The van der Waals surface area contributed by atoms with Crippen LogP contribution in [0.15, 0.2) is 65.1 Å². The lowest BCUT2D eigenvalue weighted by Gasteiger charge is -2.21. The highest BCUT2D eigenvalue weighted by Gasteiger charge is 2.23. The number of nitrogens with zero attached hydrogens (tertiary/aromatic N) is 2. The molecule has 0 aliphatic carbocycles. The van der Waals surface area contributed by atoms with Gasteiger partial charge in [0.1, 0.15) is 23.9 Å². The molecule has 1 aliphatic rings. The summed E-state index contributed by atoms with van der Waals surface area (Å²) < 4.78 is 24.3. The number of hydrogen-bond acceptors (Lipinski definition) is 4. The molecule has 0 saturated carbocycles. The Morgan fingerprint density at radius 2 is 1.74 bits per heavy atom. The Kier molecular flexibility index (Phi) is 6.89. The molecule has 1 aliphatic heterocycles. The molecule has 0 N–H and O–H groups in total. The normalized spacial score (nSPS) is 15.0. The summed E-state index contributed by atoms with van der Waals surface area (Å²) in [5, 5.41) is 0.734. The van der Waals surface area contributed by atoms with Gasteiger partial charge in [0, 0.05) is 37.7 Å². The summed E-state index contributed by atoms with van der Waals surface area (Å²) in [6.07, 6.45) is 0.903. The first-order valence-electron chi connectivity index (χ1n) is 10.3. The Bertz CT molecular complexity index is 1000. The molecule has 162 valence electrons. The number of ether oxygens (including phenoxy) is 1. The minimum absolute atomic E-state index is 0.110. The third-order valence-corrected chi connectivity index (χ3v) is 5.51. The third kappa shape index (κ3) is 5.87. The highest BCUT2D eigenvalue weighted by molar-refractivity contribution is 6.30. The average Bonchev–Trinajstić information content (AvgIpc) is 3.13. The number of furan rings is 1. The van der Waals surface area contributed by atoms with Crippen molar-refractivity contribution in [3.8, 4) is 5.75 Å². The standard InChI is InChI=1S/C24H24ClFN2O3/c25-19-4-2-18(3-5-19)16-27-12-1-13-28(15-14-27)24(29)23-11-10-22(31-23)17-30-21-8-6-20(26)7-9-21/h2-11H,1,12-17H2. The van der Waals surface area contributed by atoms with Gasteiger partial charge in [0.15, 0.2) is 5.76 Å². The van der Waals surface area contributed by atoms with Gasteiger partial charge in [-0.1, -0.05) is 23.7 Å². The fourth-order valence-electron chi connectivity index (χ4n) is 3.59. The van der Waals surface area contributed by atoms with Crippen molar-refractivity contribution in [2.45, 2.75) is 19.6 Å². The van der Waals surface area contributed by atoms with Crippen LogP contribution in [0, 0.1) is 5.82 Å². The molecule has 1 fully saturated rings. The van der Waals surface area contributed by atoms with E-state index < -0.39 is 0 Å². The Labute approximate surface area is 186 Å². The van der Waals surface area contributed by atoms with Crippen LogP contribution in [0.5, 0.6) is 5.75 Å². The first-order valence-corrected chi connectivity index (χ1v) is 10.7. The molecule has 0 atom stereocenters. The first-order chi connectivity index (χ1) is 15.1. The first kappa shape index (κ1) is 21.4. The van der Waals surface area contributed by atoms with E-state index in [1.807, 2.05) is 29.2 Å². The third-order valence-electron chi connectivity index (χ3n) is 5.26. The molecule has 7 heteroatoms. The van der Waals surface area contributed by atoms with Crippen molar-refractivity contribution in [1.82, 2.24) is 9.80 Å². The Morgan fingerprint density at radius 3 is 2.52 bits per heavy atom. The van der Waals surface area contributed by atoms with Crippen LogP contribution in [0.1, 0.15) is 28.3 Å². The van der Waals surface area contributed by atoms with E-state index in [-0.39, 0.29) is 18.3 Å². The van der Waals surface area contributed by atoms with Gasteiger partial charge >= 0.3 is 0 Å². The maximum Gasteiger partial charge on any atom is 0.289 e. The summed E-state index contributed by atoms with van der Waals surface area (Å²) in [6.45, 7) is 4.09. The van der Waals surface area contributed by atoms with Crippen LogP contribution in [0.2, 0.25) is 5.02 Å². The molecule has 0 unspecified atom stereocenters. The lowest BCUT2D eigenvalue weighted by molar-refractivity contribution is 0.0725. The van der Waals surface area contributed by atoms with E-state index in [4.69, 9.17) is 20.8 Å². The molecule has 3 aromatic rings. The number of rotatable bonds is 6. The van der Waals surface area contributed by atoms with Gasteiger partial charge in [0.05, 0.1) is 0 Å². The van der Waals surface area contributed by atoms with Crippen molar-refractivity contribution < 1.29 is 18.3 Å². The van der Waals surface area contributed by atoms with Crippen molar-refractivity contribution in [1.29, 1.82) is 0 Å². The van der Waals surface area contributed by atoms with E-state index in [0.29, 0.717) is 30.4 Å². The maximum absolute atomic E-state index is 13.0. The quantitative estimate of drug-likeness (QED) is 0.539. The SMILES string of the molecule is O=C(c1ccc(COc2ccc(F)cc2)o1)N1CCCN(Cc2ccc(Cl)cc2)CC1. The lowest BCUT2D eigenvalue weighted by atomic mass is 10.2. The van der Waals surface area contributed by atoms with Crippen LogP contribution >= 0.6 is 11.6 Å². The molecule has 0 spiro atoms. The monoisotopic (exact) mass is 442 g/mol. The Balaban J connectivity index is 1.30. The van der Waals surface area contributed by atoms with Crippen LogP contribution in [0.25, 0.3) is 0 Å². The zero-order valence-electron chi connectivity index (χ0n) is 17.1. The number of hydrogen-bond donors (Lipinski definition) is 0. The minimum Gasteiger partial charge on any atom is -0.486 e. The van der Waals surface area contributed by atoms with E-state index in [0.717, 1.165) is 31.1 Å². The summed E-state index contributed by atoms with van der Waals surface area (Å²) >= 11 is 5.96. The second-order valence-corrected chi connectivity index (χ2v) is 7.99. The van der Waals surface area contributed by atoms with Gasteiger partial charge in [-0.25, -0.2) is 4.39 Å². The van der Waals surface area contributed by atoms with Gasteiger partial charge in [0.25, 0.3) is 5.91 Å². The van der Waals surface area contributed by atoms with Crippen LogP contribution in [0.3, 0.4) is 0 Å². The highest BCUT2D eigenvalue weighted by atomic mass is 35.5. The Morgan fingerprint density at radius 1 is 0.968 bits per heavy atom. The molecule has 1 aromatic heterocycles. The fraction of sp³-hybridized carbons (Fsp3) is 0.292. The number of amides is 1. The van der Waals surface area contributed by atoms with E-state index >= 15 is 0 Å². The van der Waals surface area contributed by atoms with Crippen molar-refractivity contribution in [3.63, 3.8) is 0 Å². The minimum atomic E-state index is -0.317. The molecule has 2 heterocycles. The van der Waals surface area contributed by atoms with Crippen molar-refractivity contribution in [3.05, 3.63) is 88.6 Å². The number of benzene rings is 2. The summed E-state index contributed by atoms with van der Waals surface area (Å²) in [7, 11) is 0. The number of halogens is 2. The van der Waals surface area contributed by atoms with Gasteiger partial charge in [-0.3, -0.25) is 9.69 Å². The fourth-order valence-corrected chi connectivity index (χ4v) is 3.72. The van der Waals surface area contributed by atoms with E-state index in [1.165, 1.54) is 17.7 Å². The molecule has 1 saturated heterocycles. The topological polar surface area (TPSA) is 45.9 Å². The van der Waals surface area contributed by atoms with Crippen molar-refractivity contribution in [2.24, 2.45) is 0 Å². The summed E-state index contributed by atoms with van der Waals surface area (Å²) in [5.41, 5.74) is 1.21. The van der Waals surface area contributed by atoms with Crippen LogP contribution in [0.4, 0.5) is 4.39 Å². The van der Waals surface area contributed by atoms with Crippen LogP contribution in [-0.4, -0.2) is 41.9 Å². The number of carbonyl (C=O) groups excluding carboxylic acids is 1. The van der Waals surface area contributed by atoms with Gasteiger partial charge in [-0.15, -0.1) is 0 Å². The zero-order valence-corrected chi connectivity index (χ0v) is 17.9. The Hall–Kier alpha value is -2.83. The summed E-state index contributed by atoms with van der Waals surface area (Å²) in [4.78, 5) is 17.1. The van der Waals surface area contributed by atoms with Gasteiger partial charge < -0.3 is 14.1 Å². The zero-order chi connectivity index (χ0) is 21.6. The van der Waals surface area contributed by atoms with Crippen molar-refractivity contribution in [2.75, 3.05) is 26.2 Å². The van der Waals surface area contributed by atoms with E-state index in [1.54, 1.807) is 24.3 Å². The molecule has 4 rings (SSSR count). The predicted octanol–water partition coefficient (Wildman–Crippen LogP) is 5.00. The second kappa shape index (κ2) is 9.98. The van der Waals surface area contributed by atoms with Gasteiger partial charge in [-0.05, 0) is 60.5 Å². The molecule has 0 bridgehead atoms. The van der Waals surface area contributed by atoms with E-state index in [2.05, 4.69) is 4.90 Å². The average molecular weight is 443 g/mol. The van der Waals surface area contributed by atoms with Gasteiger partial charge in [0.2, 0.25) is 0 Å². The largest absolute Gasteiger partial charge is 0.486 e. The van der Waals surface area contributed by atoms with E-state index in [9.17, 15) is 9.18 Å². The predicted molar refractivity (Wildman–Crippen MR) is 117 cm³/mol. The summed E-state index contributed by atoms with van der Waals surface area (Å²) in [5.74, 6) is 0.971. The molecule has 1 amide bonds. The summed E-state index contributed by atoms with van der Waals surface area (Å²) in [6, 6.07) is 17.1. The maximum atomic E-state index is 13.0. The number of carbonyl (C=O) groups is 1. The lowest BCUT2D eigenvalue weighted by Crippen LogP contribution is -2.34. The molecule has 31 heavy (non-hydrogen) atoms. The second-order valence-electron chi connectivity index (χ2n) is 7.56. The van der Waals surface area contributed by atoms with Gasteiger partial charge in [-0.2, -0.15) is 0 Å². The van der Waals surface area contributed by atoms with Crippen LogP contribution in [-0.2, 0) is 13.2 Å². The molecular weight excluding hydrogens is 419 g/mol. The molecular formula is C24H24ClFN2O3. The van der Waals surface area contributed by atoms with Crippen LogP contribution < -0.4 is 4.74 Å². The van der Waals surface area contributed by atoms with Crippen molar-refractivity contribution >= 4 is 17.5 Å². The molecule has 5 nitrogen and oxygen atoms in total. The molecule has 2 aromatic carbocycles. The smallest absolute Gasteiger partial charge is 0.289 e. The molecule has 0 radical (unpaired) electrons.